The van der Waals surface area contributed by atoms with Crippen LogP contribution in [0.2, 0.25) is 0 Å². The molecule has 1 atom stereocenters. The first kappa shape index (κ1) is 15.6. The maximum Gasteiger partial charge on any atom is 0.416 e. The predicted octanol–water partition coefficient (Wildman–Crippen LogP) is 5.14. The standard InChI is InChI=1S/C15H18F3N/c1-4-14(5-2,10-19)11(3)12-6-8-13(9-7-12)15(16,17)18/h6-9,11H,4-5H2,1-3H3/t11-/m0/s1. The number of alkyl halides is 3. The van der Waals surface area contributed by atoms with Crippen LogP contribution >= 0.6 is 0 Å². The quantitative estimate of drug-likeness (QED) is 0.742. The van der Waals surface area contributed by atoms with E-state index < -0.39 is 17.2 Å². The Hall–Kier alpha value is -1.50. The predicted molar refractivity (Wildman–Crippen MR) is 68.5 cm³/mol. The molecule has 1 aromatic carbocycles. The lowest BCUT2D eigenvalue weighted by Gasteiger charge is -2.31. The van der Waals surface area contributed by atoms with Gasteiger partial charge in [0.05, 0.1) is 17.0 Å². The fourth-order valence-electron chi connectivity index (χ4n) is 2.40. The van der Waals surface area contributed by atoms with Gasteiger partial charge in [-0.3, -0.25) is 0 Å². The van der Waals surface area contributed by atoms with Gasteiger partial charge in [-0.15, -0.1) is 0 Å². The number of nitrogens with zero attached hydrogens (tertiary/aromatic N) is 1. The van der Waals surface area contributed by atoms with Gasteiger partial charge in [0.1, 0.15) is 0 Å². The van der Waals surface area contributed by atoms with Crippen molar-refractivity contribution in [1.82, 2.24) is 0 Å². The molecule has 104 valence electrons. The Bertz CT molecular complexity index is 450. The summed E-state index contributed by atoms with van der Waals surface area (Å²) in [6.07, 6.45) is -2.95. The summed E-state index contributed by atoms with van der Waals surface area (Å²) in [4.78, 5) is 0. The molecule has 0 saturated heterocycles. The highest BCUT2D eigenvalue weighted by Gasteiger charge is 2.35. The first-order chi connectivity index (χ1) is 8.80. The van der Waals surface area contributed by atoms with Crippen molar-refractivity contribution in [3.63, 3.8) is 0 Å². The third kappa shape index (κ3) is 3.09. The van der Waals surface area contributed by atoms with Gasteiger partial charge in [-0.1, -0.05) is 32.9 Å². The Morgan fingerprint density at radius 1 is 1.11 bits per heavy atom. The third-order valence-corrected chi connectivity index (χ3v) is 4.05. The Morgan fingerprint density at radius 3 is 1.89 bits per heavy atom. The van der Waals surface area contributed by atoms with E-state index in [-0.39, 0.29) is 5.92 Å². The molecule has 0 aromatic heterocycles. The summed E-state index contributed by atoms with van der Waals surface area (Å²) < 4.78 is 37.5. The highest BCUT2D eigenvalue weighted by molar-refractivity contribution is 5.29. The van der Waals surface area contributed by atoms with Crippen molar-refractivity contribution in [1.29, 1.82) is 5.26 Å². The first-order valence-electron chi connectivity index (χ1n) is 6.39. The molecule has 0 radical (unpaired) electrons. The van der Waals surface area contributed by atoms with Crippen molar-refractivity contribution in [3.05, 3.63) is 35.4 Å². The second kappa shape index (κ2) is 5.64. The van der Waals surface area contributed by atoms with Crippen LogP contribution in [0.1, 0.15) is 50.7 Å². The molecule has 0 aliphatic carbocycles. The van der Waals surface area contributed by atoms with E-state index in [4.69, 9.17) is 0 Å². The van der Waals surface area contributed by atoms with Crippen molar-refractivity contribution >= 4 is 0 Å². The van der Waals surface area contributed by atoms with Crippen molar-refractivity contribution < 1.29 is 13.2 Å². The van der Waals surface area contributed by atoms with Crippen LogP contribution in [0.5, 0.6) is 0 Å². The normalized spacial score (nSPS) is 13.9. The molecular weight excluding hydrogens is 251 g/mol. The molecule has 19 heavy (non-hydrogen) atoms. The third-order valence-electron chi connectivity index (χ3n) is 4.05. The molecule has 1 rings (SSSR count). The van der Waals surface area contributed by atoms with Crippen LogP contribution in [0.4, 0.5) is 13.2 Å². The van der Waals surface area contributed by atoms with E-state index in [0.717, 1.165) is 17.7 Å². The number of hydrogen-bond acceptors (Lipinski definition) is 1. The lowest BCUT2D eigenvalue weighted by atomic mass is 9.70. The largest absolute Gasteiger partial charge is 0.416 e. The van der Waals surface area contributed by atoms with Crippen LogP contribution in [0.25, 0.3) is 0 Å². The number of benzene rings is 1. The maximum absolute atomic E-state index is 12.5. The molecule has 0 aliphatic rings. The minimum atomic E-state index is -4.32. The summed E-state index contributed by atoms with van der Waals surface area (Å²) >= 11 is 0. The first-order valence-corrected chi connectivity index (χ1v) is 6.39. The van der Waals surface area contributed by atoms with Crippen LogP contribution in [0.3, 0.4) is 0 Å². The van der Waals surface area contributed by atoms with Gasteiger partial charge in [0, 0.05) is 0 Å². The second-order valence-corrected chi connectivity index (χ2v) is 4.82. The monoisotopic (exact) mass is 269 g/mol. The van der Waals surface area contributed by atoms with E-state index in [9.17, 15) is 18.4 Å². The molecule has 0 unspecified atom stereocenters. The van der Waals surface area contributed by atoms with E-state index in [2.05, 4.69) is 6.07 Å². The van der Waals surface area contributed by atoms with Crippen molar-refractivity contribution in [2.75, 3.05) is 0 Å². The van der Waals surface area contributed by atoms with Crippen LogP contribution in [0, 0.1) is 16.7 Å². The highest BCUT2D eigenvalue weighted by Crippen LogP contribution is 2.41. The van der Waals surface area contributed by atoms with E-state index in [1.54, 1.807) is 0 Å². The van der Waals surface area contributed by atoms with Crippen molar-refractivity contribution in [3.8, 4) is 6.07 Å². The lowest BCUT2D eigenvalue weighted by Crippen LogP contribution is -2.24. The van der Waals surface area contributed by atoms with Crippen molar-refractivity contribution in [2.24, 2.45) is 5.41 Å². The van der Waals surface area contributed by atoms with Gasteiger partial charge in [-0.25, -0.2) is 0 Å². The number of hydrogen-bond donors (Lipinski definition) is 0. The zero-order valence-corrected chi connectivity index (χ0v) is 11.4. The summed E-state index contributed by atoms with van der Waals surface area (Å²) in [5, 5.41) is 9.36. The zero-order chi connectivity index (χ0) is 14.7. The summed E-state index contributed by atoms with van der Waals surface area (Å²) in [6.45, 7) is 5.78. The molecule has 0 saturated carbocycles. The second-order valence-electron chi connectivity index (χ2n) is 4.82. The SMILES string of the molecule is CCC(C#N)(CC)[C@@H](C)c1ccc(C(F)(F)F)cc1. The van der Waals surface area contributed by atoms with Crippen LogP contribution in [-0.4, -0.2) is 0 Å². The fourth-order valence-corrected chi connectivity index (χ4v) is 2.40. The number of rotatable bonds is 4. The molecule has 0 heterocycles. The van der Waals surface area contributed by atoms with E-state index in [1.165, 1.54) is 12.1 Å². The molecule has 4 heteroatoms. The molecular formula is C15H18F3N. The zero-order valence-electron chi connectivity index (χ0n) is 11.4. The van der Waals surface area contributed by atoms with Gasteiger partial charge in [-0.05, 0) is 36.5 Å². The van der Waals surface area contributed by atoms with Gasteiger partial charge in [0.25, 0.3) is 0 Å². The van der Waals surface area contributed by atoms with Gasteiger partial charge < -0.3 is 0 Å². The van der Waals surface area contributed by atoms with Crippen LogP contribution in [-0.2, 0) is 6.18 Å². The summed E-state index contributed by atoms with van der Waals surface area (Å²) in [5.74, 6) is -0.0882. The summed E-state index contributed by atoms with van der Waals surface area (Å²) in [6, 6.07) is 7.46. The van der Waals surface area contributed by atoms with Gasteiger partial charge in [0.15, 0.2) is 0 Å². The topological polar surface area (TPSA) is 23.8 Å². The Labute approximate surface area is 112 Å². The Balaban J connectivity index is 3.08. The molecule has 0 N–H and O–H groups in total. The molecule has 0 bridgehead atoms. The van der Waals surface area contributed by atoms with Gasteiger partial charge >= 0.3 is 6.18 Å². The molecule has 0 fully saturated rings. The number of nitriles is 1. The Kier molecular flexibility index (Phi) is 4.62. The fraction of sp³-hybridized carbons (Fsp3) is 0.533. The Morgan fingerprint density at radius 2 is 1.58 bits per heavy atom. The minimum absolute atomic E-state index is 0.0882. The number of halogens is 3. The van der Waals surface area contributed by atoms with E-state index in [0.29, 0.717) is 12.8 Å². The molecule has 0 spiro atoms. The average Bonchev–Trinajstić information content (AvgIpc) is 2.40. The average molecular weight is 269 g/mol. The van der Waals surface area contributed by atoms with Crippen LogP contribution < -0.4 is 0 Å². The molecule has 1 nitrogen and oxygen atoms in total. The van der Waals surface area contributed by atoms with Crippen molar-refractivity contribution in [2.45, 2.75) is 45.7 Å². The highest BCUT2D eigenvalue weighted by atomic mass is 19.4. The molecule has 0 aliphatic heterocycles. The lowest BCUT2D eigenvalue weighted by molar-refractivity contribution is -0.137. The van der Waals surface area contributed by atoms with E-state index in [1.807, 2.05) is 20.8 Å². The van der Waals surface area contributed by atoms with E-state index >= 15 is 0 Å². The molecule has 0 amide bonds. The summed E-state index contributed by atoms with van der Waals surface area (Å²) in [7, 11) is 0. The van der Waals surface area contributed by atoms with Crippen LogP contribution in [0.15, 0.2) is 24.3 Å². The maximum atomic E-state index is 12.5. The van der Waals surface area contributed by atoms with Gasteiger partial charge in [0.2, 0.25) is 0 Å². The van der Waals surface area contributed by atoms with Gasteiger partial charge in [-0.2, -0.15) is 18.4 Å². The smallest absolute Gasteiger partial charge is 0.198 e. The summed E-state index contributed by atoms with van der Waals surface area (Å²) in [5.41, 5.74) is -0.392. The minimum Gasteiger partial charge on any atom is -0.198 e. The molecule has 1 aromatic rings.